The third kappa shape index (κ3) is 6.47. The number of hydrogen-bond donors (Lipinski definition) is 3. The zero-order valence-corrected chi connectivity index (χ0v) is 15.0. The van der Waals surface area contributed by atoms with E-state index in [1.54, 1.807) is 0 Å². The second kappa shape index (κ2) is 10.3. The Morgan fingerprint density at radius 1 is 1.12 bits per heavy atom. The van der Waals surface area contributed by atoms with E-state index in [0.717, 1.165) is 32.1 Å². The minimum absolute atomic E-state index is 0.00220. The van der Waals surface area contributed by atoms with Gasteiger partial charge in [-0.1, -0.05) is 39.5 Å². The first-order chi connectivity index (χ1) is 11.4. The molecule has 1 aliphatic rings. The Labute approximate surface area is 144 Å². The number of ether oxygens (including phenoxy) is 1. The van der Waals surface area contributed by atoms with E-state index in [1.807, 2.05) is 13.8 Å². The highest BCUT2D eigenvalue weighted by Gasteiger charge is 2.31. The fraction of sp³-hybridized carbons (Fsp3) is 0.824. The van der Waals surface area contributed by atoms with Gasteiger partial charge in [0.15, 0.2) is 0 Å². The fourth-order valence-corrected chi connectivity index (χ4v) is 2.94. The van der Waals surface area contributed by atoms with Gasteiger partial charge in [-0.05, 0) is 18.8 Å². The highest BCUT2D eigenvalue weighted by atomic mass is 16.5. The molecule has 2 unspecified atom stereocenters. The lowest BCUT2D eigenvalue weighted by atomic mass is 9.86. The van der Waals surface area contributed by atoms with Crippen LogP contribution in [-0.2, 0) is 19.1 Å². The second-order valence-corrected chi connectivity index (χ2v) is 6.78. The standard InChI is InChI=1S/C17H31N3O4/c1-11(2)15(18)16(22)19-10-14(21)20-13-9-7-5-4-6-8-12(13)17(23)24-3/h11-13,15H,4-10,18H2,1-3H3,(H,19,22)(H,20,21)/t12?,13?,15-/m0/s1. The van der Waals surface area contributed by atoms with Crippen LogP contribution in [0.2, 0.25) is 0 Å². The molecule has 24 heavy (non-hydrogen) atoms. The van der Waals surface area contributed by atoms with Crippen LogP contribution >= 0.6 is 0 Å². The van der Waals surface area contributed by atoms with E-state index >= 15 is 0 Å². The zero-order chi connectivity index (χ0) is 18.1. The SMILES string of the molecule is COC(=O)C1CCCCCCC1NC(=O)CNC(=O)[C@@H](N)C(C)C. The van der Waals surface area contributed by atoms with Gasteiger partial charge in [-0.15, -0.1) is 0 Å². The van der Waals surface area contributed by atoms with E-state index in [2.05, 4.69) is 10.6 Å². The van der Waals surface area contributed by atoms with Crippen LogP contribution in [-0.4, -0.2) is 43.5 Å². The third-order valence-corrected chi connectivity index (χ3v) is 4.56. The number of nitrogens with two attached hydrogens (primary N) is 1. The molecule has 0 heterocycles. The van der Waals surface area contributed by atoms with Gasteiger partial charge < -0.3 is 21.1 Å². The Hall–Kier alpha value is -1.63. The van der Waals surface area contributed by atoms with Crippen LogP contribution in [0.1, 0.15) is 52.4 Å². The maximum Gasteiger partial charge on any atom is 0.310 e. The maximum atomic E-state index is 12.1. The van der Waals surface area contributed by atoms with Gasteiger partial charge in [0, 0.05) is 6.04 Å². The monoisotopic (exact) mass is 341 g/mol. The predicted molar refractivity (Wildman–Crippen MR) is 91.0 cm³/mol. The Balaban J connectivity index is 2.57. The lowest BCUT2D eigenvalue weighted by molar-refractivity contribution is -0.147. The van der Waals surface area contributed by atoms with E-state index in [1.165, 1.54) is 7.11 Å². The van der Waals surface area contributed by atoms with Crippen molar-refractivity contribution < 1.29 is 19.1 Å². The van der Waals surface area contributed by atoms with Crippen LogP contribution in [0, 0.1) is 11.8 Å². The molecule has 0 aromatic rings. The van der Waals surface area contributed by atoms with E-state index in [9.17, 15) is 14.4 Å². The van der Waals surface area contributed by atoms with Crippen molar-refractivity contribution in [3.05, 3.63) is 0 Å². The minimum Gasteiger partial charge on any atom is -0.469 e. The normalized spacial score (nSPS) is 22.9. The highest BCUT2D eigenvalue weighted by Crippen LogP contribution is 2.24. The summed E-state index contributed by atoms with van der Waals surface area (Å²) in [5.74, 6) is -1.26. The van der Waals surface area contributed by atoms with Gasteiger partial charge in [-0.3, -0.25) is 14.4 Å². The topological polar surface area (TPSA) is 111 Å². The molecule has 0 aromatic carbocycles. The Kier molecular flexibility index (Phi) is 8.74. The summed E-state index contributed by atoms with van der Waals surface area (Å²) in [7, 11) is 1.37. The number of carbonyl (C=O) groups is 3. The third-order valence-electron chi connectivity index (χ3n) is 4.56. The number of nitrogens with one attached hydrogen (secondary N) is 2. The second-order valence-electron chi connectivity index (χ2n) is 6.78. The summed E-state index contributed by atoms with van der Waals surface area (Å²) in [6.07, 6.45) is 5.56. The van der Waals surface area contributed by atoms with E-state index in [-0.39, 0.29) is 42.2 Å². The van der Waals surface area contributed by atoms with E-state index in [0.29, 0.717) is 6.42 Å². The lowest BCUT2D eigenvalue weighted by Gasteiger charge is -2.28. The molecule has 3 atom stereocenters. The summed E-state index contributed by atoms with van der Waals surface area (Å²) in [5, 5.41) is 5.43. The van der Waals surface area contributed by atoms with Gasteiger partial charge in [0.25, 0.3) is 0 Å². The van der Waals surface area contributed by atoms with Crippen molar-refractivity contribution in [2.45, 2.75) is 64.5 Å². The lowest BCUT2D eigenvalue weighted by Crippen LogP contribution is -2.50. The molecule has 0 aliphatic heterocycles. The van der Waals surface area contributed by atoms with Crippen molar-refractivity contribution in [2.75, 3.05) is 13.7 Å². The average molecular weight is 341 g/mol. The molecule has 0 saturated heterocycles. The van der Waals surface area contributed by atoms with Crippen molar-refractivity contribution in [1.82, 2.24) is 10.6 Å². The molecule has 2 amide bonds. The van der Waals surface area contributed by atoms with Crippen LogP contribution in [0.3, 0.4) is 0 Å². The number of rotatable bonds is 6. The first-order valence-electron chi connectivity index (χ1n) is 8.77. The minimum atomic E-state index is -0.637. The van der Waals surface area contributed by atoms with Crippen LogP contribution in [0.5, 0.6) is 0 Å². The summed E-state index contributed by atoms with van der Waals surface area (Å²) >= 11 is 0. The molecule has 7 heteroatoms. The molecule has 1 saturated carbocycles. The van der Waals surface area contributed by atoms with Crippen LogP contribution in [0.4, 0.5) is 0 Å². The Bertz CT molecular complexity index is 440. The summed E-state index contributed by atoms with van der Waals surface area (Å²) in [5.41, 5.74) is 5.74. The molecule has 0 spiro atoms. The summed E-state index contributed by atoms with van der Waals surface area (Å²) < 4.78 is 4.88. The summed E-state index contributed by atoms with van der Waals surface area (Å²) in [4.78, 5) is 35.9. The molecule has 0 bridgehead atoms. The van der Waals surface area contributed by atoms with Gasteiger partial charge in [0.05, 0.1) is 25.6 Å². The largest absolute Gasteiger partial charge is 0.469 e. The summed E-state index contributed by atoms with van der Waals surface area (Å²) in [6, 6.07) is -0.886. The molecule has 0 radical (unpaired) electrons. The molecule has 1 fully saturated rings. The Morgan fingerprint density at radius 3 is 2.33 bits per heavy atom. The molecule has 1 rings (SSSR count). The van der Waals surface area contributed by atoms with Gasteiger partial charge >= 0.3 is 5.97 Å². The first kappa shape index (κ1) is 20.4. The van der Waals surface area contributed by atoms with Crippen molar-refractivity contribution in [3.63, 3.8) is 0 Å². The van der Waals surface area contributed by atoms with Crippen LogP contribution in [0.15, 0.2) is 0 Å². The number of esters is 1. The van der Waals surface area contributed by atoms with Gasteiger partial charge in [0.1, 0.15) is 0 Å². The van der Waals surface area contributed by atoms with Crippen molar-refractivity contribution >= 4 is 17.8 Å². The van der Waals surface area contributed by atoms with Gasteiger partial charge in [-0.25, -0.2) is 0 Å². The molecule has 1 aliphatic carbocycles. The summed E-state index contributed by atoms with van der Waals surface area (Å²) in [6.45, 7) is 3.56. The van der Waals surface area contributed by atoms with Crippen molar-refractivity contribution in [2.24, 2.45) is 17.6 Å². The molecule has 0 aromatic heterocycles. The number of carbonyl (C=O) groups excluding carboxylic acids is 3. The molecule has 4 N–H and O–H groups in total. The highest BCUT2D eigenvalue weighted by molar-refractivity contribution is 5.87. The van der Waals surface area contributed by atoms with Crippen molar-refractivity contribution in [1.29, 1.82) is 0 Å². The quantitative estimate of drug-likeness (QED) is 0.616. The number of amides is 2. The Morgan fingerprint density at radius 2 is 1.75 bits per heavy atom. The molecular formula is C17H31N3O4. The van der Waals surface area contributed by atoms with Crippen LogP contribution < -0.4 is 16.4 Å². The zero-order valence-electron chi connectivity index (χ0n) is 15.0. The van der Waals surface area contributed by atoms with Crippen LogP contribution in [0.25, 0.3) is 0 Å². The number of methoxy groups -OCH3 is 1. The van der Waals surface area contributed by atoms with E-state index < -0.39 is 6.04 Å². The van der Waals surface area contributed by atoms with E-state index in [4.69, 9.17) is 10.5 Å². The molecular weight excluding hydrogens is 310 g/mol. The molecule has 7 nitrogen and oxygen atoms in total. The smallest absolute Gasteiger partial charge is 0.310 e. The van der Waals surface area contributed by atoms with Gasteiger partial charge in [0.2, 0.25) is 11.8 Å². The fourth-order valence-electron chi connectivity index (χ4n) is 2.94. The molecule has 138 valence electrons. The average Bonchev–Trinajstić information content (AvgIpc) is 2.53. The van der Waals surface area contributed by atoms with Gasteiger partial charge in [-0.2, -0.15) is 0 Å². The maximum absolute atomic E-state index is 12.1. The number of hydrogen-bond acceptors (Lipinski definition) is 5. The first-order valence-corrected chi connectivity index (χ1v) is 8.77. The predicted octanol–water partition coefficient (Wildman–Crippen LogP) is 0.714. The van der Waals surface area contributed by atoms with Crippen molar-refractivity contribution in [3.8, 4) is 0 Å².